The number of nitrogens with zero attached hydrogens (tertiary/aromatic N) is 1. The molecule has 11 aromatic carbocycles. The van der Waals surface area contributed by atoms with Gasteiger partial charge in [-0.3, -0.25) is 0 Å². The second kappa shape index (κ2) is 14.8. The fraction of sp³-hybridized carbons (Fsp3) is 0. The number of hydrogen-bond donors (Lipinski definition) is 0. The zero-order chi connectivity index (χ0) is 41.0. The maximum Gasteiger partial charge on any atom is 0.136 e. The third-order valence-corrected chi connectivity index (χ3v) is 12.5. The first-order valence-corrected chi connectivity index (χ1v) is 21.2. The van der Waals surface area contributed by atoms with Gasteiger partial charge in [-0.1, -0.05) is 182 Å². The van der Waals surface area contributed by atoms with E-state index in [0.29, 0.717) is 0 Å². The van der Waals surface area contributed by atoms with Crippen LogP contribution in [0, 0.1) is 0 Å². The number of furan rings is 1. The Hall–Kier alpha value is -8.20. The van der Waals surface area contributed by atoms with Crippen molar-refractivity contribution in [2.75, 3.05) is 4.90 Å². The van der Waals surface area contributed by atoms with E-state index in [4.69, 9.17) is 4.42 Å². The second-order valence-electron chi connectivity index (χ2n) is 16.1. The van der Waals surface area contributed by atoms with Gasteiger partial charge < -0.3 is 9.32 Å². The summed E-state index contributed by atoms with van der Waals surface area (Å²) < 4.78 is 6.26. The van der Waals surface area contributed by atoms with Gasteiger partial charge in [0.25, 0.3) is 0 Å². The summed E-state index contributed by atoms with van der Waals surface area (Å²) >= 11 is 0. The zero-order valence-corrected chi connectivity index (χ0v) is 33.9. The highest BCUT2D eigenvalue weighted by molar-refractivity contribution is 6.12. The molecule has 0 aliphatic carbocycles. The Labute approximate surface area is 360 Å². The zero-order valence-electron chi connectivity index (χ0n) is 33.9. The number of para-hydroxylation sites is 2. The van der Waals surface area contributed by atoms with Gasteiger partial charge in [-0.25, -0.2) is 0 Å². The van der Waals surface area contributed by atoms with E-state index in [9.17, 15) is 0 Å². The topological polar surface area (TPSA) is 16.4 Å². The molecule has 2 heteroatoms. The van der Waals surface area contributed by atoms with Crippen LogP contribution in [-0.4, -0.2) is 0 Å². The fourth-order valence-electron chi connectivity index (χ4n) is 9.35. The van der Waals surface area contributed by atoms with Crippen LogP contribution in [0.25, 0.3) is 98.8 Å². The average molecular weight is 790 g/mol. The summed E-state index contributed by atoms with van der Waals surface area (Å²) in [6.45, 7) is 0. The lowest BCUT2D eigenvalue weighted by molar-refractivity contribution is 0.669. The highest BCUT2D eigenvalue weighted by atomic mass is 16.3. The summed E-state index contributed by atoms with van der Waals surface area (Å²) in [5.41, 5.74) is 14.5. The Kier molecular flexibility index (Phi) is 8.53. The summed E-state index contributed by atoms with van der Waals surface area (Å²) in [5.74, 6) is 0. The first kappa shape index (κ1) is 35.7. The van der Waals surface area contributed by atoms with Crippen LogP contribution < -0.4 is 4.90 Å². The Bertz CT molecular complexity index is 3620. The van der Waals surface area contributed by atoms with E-state index in [0.717, 1.165) is 50.1 Å². The van der Waals surface area contributed by atoms with Gasteiger partial charge in [0.2, 0.25) is 0 Å². The summed E-state index contributed by atoms with van der Waals surface area (Å²) in [6, 6.07) is 85.5. The predicted octanol–water partition coefficient (Wildman–Crippen LogP) is 17.2. The van der Waals surface area contributed by atoms with E-state index in [-0.39, 0.29) is 0 Å². The minimum Gasteiger partial charge on any atom is -0.456 e. The highest BCUT2D eigenvalue weighted by Crippen LogP contribution is 2.44. The van der Waals surface area contributed by atoms with Crippen molar-refractivity contribution in [2.24, 2.45) is 0 Å². The molecule has 290 valence electrons. The van der Waals surface area contributed by atoms with E-state index in [2.05, 4.69) is 229 Å². The van der Waals surface area contributed by atoms with Crippen LogP contribution in [0.2, 0.25) is 0 Å². The molecule has 1 aromatic heterocycles. The van der Waals surface area contributed by atoms with Crippen molar-refractivity contribution in [3.8, 4) is 44.5 Å². The first-order chi connectivity index (χ1) is 30.7. The Morgan fingerprint density at radius 1 is 0.274 bits per heavy atom. The van der Waals surface area contributed by atoms with Gasteiger partial charge in [-0.2, -0.15) is 0 Å². The minimum absolute atomic E-state index is 0.899. The molecule has 0 saturated heterocycles. The molecule has 0 aliphatic heterocycles. The SMILES string of the molecule is c1ccc(N(c2ccc(-c3ccc(-c4ccc5c(ccc6ccccc65)c4)cc3)cc2)c2ccc(-c3cccc4oc5ccccc5c34)cc2)c(-c2ccc3ccccc3c2)c1. The van der Waals surface area contributed by atoms with Crippen LogP contribution in [-0.2, 0) is 0 Å². The summed E-state index contributed by atoms with van der Waals surface area (Å²) in [6.07, 6.45) is 0. The van der Waals surface area contributed by atoms with E-state index in [1.54, 1.807) is 0 Å². The summed E-state index contributed by atoms with van der Waals surface area (Å²) in [7, 11) is 0. The molecule has 0 radical (unpaired) electrons. The standard InChI is InChI=1S/C60H39NO/c1-2-12-46-38-49(26-24-40(46)10-1)54-14-5-7-17-57(54)61(51-35-30-45(31-36-51)55-16-9-19-59-60(55)56-15-6-8-18-58(56)62-59)50-33-28-42(29-34-50)41-20-22-43(23-21-41)47-32-37-53-48(39-47)27-25-44-11-3-4-13-52(44)53/h1-39H. The number of rotatable bonds is 7. The summed E-state index contributed by atoms with van der Waals surface area (Å²) in [4.78, 5) is 2.39. The van der Waals surface area contributed by atoms with Gasteiger partial charge >= 0.3 is 0 Å². The molecular formula is C60H39NO. The molecule has 0 aliphatic rings. The fourth-order valence-corrected chi connectivity index (χ4v) is 9.35. The number of hydrogen-bond acceptors (Lipinski definition) is 2. The molecule has 0 spiro atoms. The van der Waals surface area contributed by atoms with Crippen molar-refractivity contribution >= 4 is 71.3 Å². The molecule has 2 nitrogen and oxygen atoms in total. The van der Waals surface area contributed by atoms with Crippen molar-refractivity contribution in [1.82, 2.24) is 0 Å². The van der Waals surface area contributed by atoms with Gasteiger partial charge in [0, 0.05) is 27.7 Å². The largest absolute Gasteiger partial charge is 0.456 e. The maximum absolute atomic E-state index is 6.26. The van der Waals surface area contributed by atoms with Gasteiger partial charge in [0.15, 0.2) is 0 Å². The molecule has 0 saturated carbocycles. The molecule has 0 unspecified atom stereocenters. The minimum atomic E-state index is 0.899. The van der Waals surface area contributed by atoms with Crippen molar-refractivity contribution in [2.45, 2.75) is 0 Å². The molecular weight excluding hydrogens is 751 g/mol. The Balaban J connectivity index is 0.918. The average Bonchev–Trinajstić information content (AvgIpc) is 3.74. The van der Waals surface area contributed by atoms with Crippen molar-refractivity contribution < 1.29 is 4.42 Å². The molecule has 12 aromatic rings. The first-order valence-electron chi connectivity index (χ1n) is 21.2. The van der Waals surface area contributed by atoms with Crippen LogP contribution in [0.15, 0.2) is 241 Å². The van der Waals surface area contributed by atoms with Crippen LogP contribution in [0.4, 0.5) is 17.1 Å². The number of benzene rings is 11. The molecule has 1 heterocycles. The van der Waals surface area contributed by atoms with E-state index < -0.39 is 0 Å². The van der Waals surface area contributed by atoms with Crippen LogP contribution in [0.1, 0.15) is 0 Å². The van der Waals surface area contributed by atoms with Crippen LogP contribution in [0.3, 0.4) is 0 Å². The van der Waals surface area contributed by atoms with Crippen LogP contribution >= 0.6 is 0 Å². The van der Waals surface area contributed by atoms with Crippen molar-refractivity contribution in [1.29, 1.82) is 0 Å². The van der Waals surface area contributed by atoms with Gasteiger partial charge in [-0.05, 0) is 126 Å². The van der Waals surface area contributed by atoms with Crippen molar-refractivity contribution in [3.63, 3.8) is 0 Å². The van der Waals surface area contributed by atoms with Gasteiger partial charge in [-0.15, -0.1) is 0 Å². The van der Waals surface area contributed by atoms with E-state index in [1.165, 1.54) is 65.7 Å². The molecule has 62 heavy (non-hydrogen) atoms. The van der Waals surface area contributed by atoms with Crippen molar-refractivity contribution in [3.05, 3.63) is 237 Å². The molecule has 0 amide bonds. The molecule has 0 N–H and O–H groups in total. The van der Waals surface area contributed by atoms with Gasteiger partial charge in [0.1, 0.15) is 11.2 Å². The molecule has 0 fully saturated rings. The lowest BCUT2D eigenvalue weighted by Crippen LogP contribution is -2.11. The quantitative estimate of drug-likeness (QED) is 0.150. The number of anilines is 3. The van der Waals surface area contributed by atoms with Crippen LogP contribution in [0.5, 0.6) is 0 Å². The lowest BCUT2D eigenvalue weighted by atomic mass is 9.96. The Morgan fingerprint density at radius 3 is 1.56 bits per heavy atom. The smallest absolute Gasteiger partial charge is 0.136 e. The van der Waals surface area contributed by atoms with E-state index >= 15 is 0 Å². The second-order valence-corrected chi connectivity index (χ2v) is 16.1. The molecule has 0 bridgehead atoms. The monoisotopic (exact) mass is 789 g/mol. The molecule has 12 rings (SSSR count). The van der Waals surface area contributed by atoms with Gasteiger partial charge in [0.05, 0.1) is 5.69 Å². The lowest BCUT2D eigenvalue weighted by Gasteiger charge is -2.28. The maximum atomic E-state index is 6.26. The summed E-state index contributed by atoms with van der Waals surface area (Å²) in [5, 5.41) is 9.83. The third-order valence-electron chi connectivity index (χ3n) is 12.5. The van der Waals surface area contributed by atoms with E-state index in [1.807, 2.05) is 12.1 Å². The third kappa shape index (κ3) is 6.20. The highest BCUT2D eigenvalue weighted by Gasteiger charge is 2.19. The number of fused-ring (bicyclic) bond motifs is 7. The predicted molar refractivity (Wildman–Crippen MR) is 263 cm³/mol. The molecule has 0 atom stereocenters. The Morgan fingerprint density at radius 2 is 0.774 bits per heavy atom. The normalized spacial score (nSPS) is 11.5.